The van der Waals surface area contributed by atoms with E-state index in [1.165, 1.54) is 24.0 Å². The fourth-order valence-electron chi connectivity index (χ4n) is 2.88. The summed E-state index contributed by atoms with van der Waals surface area (Å²) in [5.74, 6) is 0. The van der Waals surface area contributed by atoms with Crippen LogP contribution in [-0.4, -0.2) is 6.17 Å². The highest BCUT2D eigenvalue weighted by molar-refractivity contribution is 5.31. The van der Waals surface area contributed by atoms with E-state index in [1.54, 1.807) is 6.92 Å². The first kappa shape index (κ1) is 10.7. The van der Waals surface area contributed by atoms with E-state index in [2.05, 4.69) is 25.1 Å². The molecule has 0 saturated heterocycles. The van der Waals surface area contributed by atoms with Crippen LogP contribution in [0.3, 0.4) is 0 Å². The molecule has 1 aromatic rings. The quantitative estimate of drug-likeness (QED) is 0.681. The lowest BCUT2D eigenvalue weighted by Gasteiger charge is -2.31. The van der Waals surface area contributed by atoms with Crippen molar-refractivity contribution >= 4 is 0 Å². The molecule has 1 aliphatic carbocycles. The zero-order chi connectivity index (χ0) is 10.9. The minimum Gasteiger partial charge on any atom is -0.247 e. The van der Waals surface area contributed by atoms with Gasteiger partial charge in [-0.1, -0.05) is 42.7 Å². The third kappa shape index (κ3) is 1.80. The third-order valence-corrected chi connectivity index (χ3v) is 3.85. The Balaban J connectivity index is 2.41. The van der Waals surface area contributed by atoms with Crippen LogP contribution in [0.15, 0.2) is 24.3 Å². The molecule has 1 unspecified atom stereocenters. The lowest BCUT2D eigenvalue weighted by Crippen LogP contribution is -2.32. The second-order valence-corrected chi connectivity index (χ2v) is 4.85. The van der Waals surface area contributed by atoms with Gasteiger partial charge in [-0.2, -0.15) is 0 Å². The SMILES string of the molecule is Cc1cccc(C2(C(C)F)CCCC2)c1. The molecule has 1 aliphatic rings. The second-order valence-electron chi connectivity index (χ2n) is 4.85. The summed E-state index contributed by atoms with van der Waals surface area (Å²) in [6.07, 6.45) is 3.62. The molecule has 0 aliphatic heterocycles. The van der Waals surface area contributed by atoms with Crippen molar-refractivity contribution in [2.24, 2.45) is 0 Å². The third-order valence-electron chi connectivity index (χ3n) is 3.85. The minimum atomic E-state index is -0.734. The molecule has 1 atom stereocenters. The van der Waals surface area contributed by atoms with Crippen molar-refractivity contribution in [2.75, 3.05) is 0 Å². The van der Waals surface area contributed by atoms with E-state index >= 15 is 0 Å². The smallest absolute Gasteiger partial charge is 0.107 e. The predicted octanol–water partition coefficient (Wildman–Crippen LogP) is 4.16. The molecule has 15 heavy (non-hydrogen) atoms. The molecule has 1 aromatic carbocycles. The molecule has 1 fully saturated rings. The summed E-state index contributed by atoms with van der Waals surface area (Å²) in [5, 5.41) is 0. The van der Waals surface area contributed by atoms with Gasteiger partial charge in [-0.3, -0.25) is 0 Å². The zero-order valence-corrected chi connectivity index (χ0v) is 9.59. The van der Waals surface area contributed by atoms with Gasteiger partial charge in [-0.15, -0.1) is 0 Å². The highest BCUT2D eigenvalue weighted by Crippen LogP contribution is 2.45. The van der Waals surface area contributed by atoms with Crippen molar-refractivity contribution in [3.63, 3.8) is 0 Å². The van der Waals surface area contributed by atoms with Gasteiger partial charge >= 0.3 is 0 Å². The van der Waals surface area contributed by atoms with Crippen LogP contribution in [0, 0.1) is 6.92 Å². The van der Waals surface area contributed by atoms with Gasteiger partial charge in [0, 0.05) is 5.41 Å². The molecule has 0 nitrogen and oxygen atoms in total. The Morgan fingerprint density at radius 2 is 1.93 bits per heavy atom. The van der Waals surface area contributed by atoms with E-state index < -0.39 is 6.17 Å². The van der Waals surface area contributed by atoms with Crippen molar-refractivity contribution in [1.82, 2.24) is 0 Å². The fourth-order valence-corrected chi connectivity index (χ4v) is 2.88. The standard InChI is InChI=1S/C14H19F/c1-11-6-5-7-13(10-11)14(12(2)15)8-3-4-9-14/h5-7,10,12H,3-4,8-9H2,1-2H3. The van der Waals surface area contributed by atoms with Crippen molar-refractivity contribution in [2.45, 2.75) is 51.1 Å². The fraction of sp³-hybridized carbons (Fsp3) is 0.571. The van der Waals surface area contributed by atoms with Crippen LogP contribution in [0.1, 0.15) is 43.7 Å². The molecule has 1 saturated carbocycles. The number of hydrogen-bond donors (Lipinski definition) is 0. The van der Waals surface area contributed by atoms with Gasteiger partial charge in [-0.05, 0) is 32.3 Å². The first-order valence-electron chi connectivity index (χ1n) is 5.86. The summed E-state index contributed by atoms with van der Waals surface area (Å²) in [4.78, 5) is 0. The molecule has 0 heterocycles. The second kappa shape index (κ2) is 3.96. The highest BCUT2D eigenvalue weighted by atomic mass is 19.1. The van der Waals surface area contributed by atoms with Gasteiger partial charge in [0.05, 0.1) is 0 Å². The van der Waals surface area contributed by atoms with Crippen LogP contribution in [0.25, 0.3) is 0 Å². The lowest BCUT2D eigenvalue weighted by atomic mass is 9.75. The average Bonchev–Trinajstić information content (AvgIpc) is 2.67. The number of hydrogen-bond acceptors (Lipinski definition) is 0. The van der Waals surface area contributed by atoms with Gasteiger partial charge in [-0.25, -0.2) is 4.39 Å². The summed E-state index contributed by atoms with van der Waals surface area (Å²) >= 11 is 0. The van der Waals surface area contributed by atoms with Crippen molar-refractivity contribution in [3.05, 3.63) is 35.4 Å². The monoisotopic (exact) mass is 206 g/mol. The number of benzene rings is 1. The first-order chi connectivity index (χ1) is 7.15. The molecule has 2 rings (SSSR count). The van der Waals surface area contributed by atoms with E-state index in [1.807, 2.05) is 6.07 Å². The number of halogens is 1. The highest BCUT2D eigenvalue weighted by Gasteiger charge is 2.40. The van der Waals surface area contributed by atoms with E-state index in [0.29, 0.717) is 0 Å². The zero-order valence-electron chi connectivity index (χ0n) is 9.59. The Kier molecular flexibility index (Phi) is 2.81. The summed E-state index contributed by atoms with van der Waals surface area (Å²) < 4.78 is 13.9. The molecule has 0 spiro atoms. The maximum Gasteiger partial charge on any atom is 0.107 e. The average molecular weight is 206 g/mol. The molecular weight excluding hydrogens is 187 g/mol. The minimum absolute atomic E-state index is 0.188. The van der Waals surface area contributed by atoms with Gasteiger partial charge < -0.3 is 0 Å². The summed E-state index contributed by atoms with van der Waals surface area (Å²) in [6.45, 7) is 3.79. The van der Waals surface area contributed by atoms with Gasteiger partial charge in [0.2, 0.25) is 0 Å². The molecule has 82 valence electrons. The normalized spacial score (nSPS) is 21.5. The summed E-state index contributed by atoms with van der Waals surface area (Å²) in [5.41, 5.74) is 2.25. The van der Waals surface area contributed by atoms with Crippen LogP contribution >= 0.6 is 0 Å². The summed E-state index contributed by atoms with van der Waals surface area (Å²) in [6, 6.07) is 8.37. The lowest BCUT2D eigenvalue weighted by molar-refractivity contribution is 0.206. The first-order valence-corrected chi connectivity index (χ1v) is 5.86. The van der Waals surface area contributed by atoms with E-state index in [-0.39, 0.29) is 5.41 Å². The van der Waals surface area contributed by atoms with Gasteiger partial charge in [0.1, 0.15) is 6.17 Å². The van der Waals surface area contributed by atoms with Gasteiger partial charge in [0.25, 0.3) is 0 Å². The molecule has 0 radical (unpaired) electrons. The largest absolute Gasteiger partial charge is 0.247 e. The maximum atomic E-state index is 13.9. The Morgan fingerprint density at radius 1 is 1.27 bits per heavy atom. The van der Waals surface area contributed by atoms with Gasteiger partial charge in [0.15, 0.2) is 0 Å². The molecule has 0 aromatic heterocycles. The molecule has 0 bridgehead atoms. The van der Waals surface area contributed by atoms with E-state index in [0.717, 1.165) is 12.8 Å². The van der Waals surface area contributed by atoms with E-state index in [4.69, 9.17) is 0 Å². The van der Waals surface area contributed by atoms with Crippen LogP contribution in [-0.2, 0) is 5.41 Å². The number of rotatable bonds is 2. The number of aryl methyl sites for hydroxylation is 1. The Morgan fingerprint density at radius 3 is 2.47 bits per heavy atom. The van der Waals surface area contributed by atoms with Crippen LogP contribution in [0.5, 0.6) is 0 Å². The Labute approximate surface area is 91.5 Å². The van der Waals surface area contributed by atoms with E-state index in [9.17, 15) is 4.39 Å². The van der Waals surface area contributed by atoms with Crippen LogP contribution < -0.4 is 0 Å². The number of alkyl halides is 1. The molecule has 1 heteroatoms. The Bertz CT molecular complexity index is 335. The van der Waals surface area contributed by atoms with Crippen LogP contribution in [0.2, 0.25) is 0 Å². The topological polar surface area (TPSA) is 0 Å². The molecule has 0 amide bonds. The Hall–Kier alpha value is -0.850. The molecular formula is C14H19F. The van der Waals surface area contributed by atoms with Crippen LogP contribution in [0.4, 0.5) is 4.39 Å². The summed E-state index contributed by atoms with van der Waals surface area (Å²) in [7, 11) is 0. The van der Waals surface area contributed by atoms with Crippen molar-refractivity contribution in [1.29, 1.82) is 0 Å². The van der Waals surface area contributed by atoms with Crippen molar-refractivity contribution < 1.29 is 4.39 Å². The predicted molar refractivity (Wildman–Crippen MR) is 61.9 cm³/mol. The maximum absolute atomic E-state index is 13.9. The van der Waals surface area contributed by atoms with Crippen molar-refractivity contribution in [3.8, 4) is 0 Å². The molecule has 0 N–H and O–H groups in total.